The maximum absolute atomic E-state index is 12.8. The number of amides is 1. The highest BCUT2D eigenvalue weighted by Gasteiger charge is 2.19. The first kappa shape index (κ1) is 27.2. The molecule has 0 unspecified atom stereocenters. The second kappa shape index (κ2) is 13.6. The topological polar surface area (TPSA) is 160 Å². The zero-order valence-electron chi connectivity index (χ0n) is 19.0. The van der Waals surface area contributed by atoms with E-state index in [9.17, 15) is 24.5 Å². The average Bonchev–Trinajstić information content (AvgIpc) is 2.81. The van der Waals surface area contributed by atoms with Crippen LogP contribution in [0.5, 0.6) is 11.5 Å². The molecule has 2 aromatic carbocycles. The van der Waals surface area contributed by atoms with Crippen LogP contribution in [-0.4, -0.2) is 34.5 Å². The first-order chi connectivity index (χ1) is 16.7. The van der Waals surface area contributed by atoms with Crippen molar-refractivity contribution in [1.29, 1.82) is 0 Å². The number of benzene rings is 2. The Balaban J connectivity index is 2.19. The first-order valence-electron chi connectivity index (χ1n) is 10.7. The molecule has 0 spiro atoms. The van der Waals surface area contributed by atoms with E-state index in [0.29, 0.717) is 24.1 Å². The highest BCUT2D eigenvalue weighted by atomic mass is 32.1. The smallest absolute Gasteiger partial charge is 0.347 e. The van der Waals surface area contributed by atoms with Crippen LogP contribution in [0.1, 0.15) is 54.9 Å². The molecule has 0 aliphatic carbocycles. The number of esters is 2. The molecule has 0 radical (unpaired) electrons. The number of thiocarbonyl (C=S) groups is 1. The summed E-state index contributed by atoms with van der Waals surface area (Å²) in [6, 6.07) is 10.4. The van der Waals surface area contributed by atoms with Crippen LogP contribution in [0.15, 0.2) is 42.5 Å². The van der Waals surface area contributed by atoms with Crippen LogP contribution in [-0.2, 0) is 14.4 Å². The predicted molar refractivity (Wildman–Crippen MR) is 130 cm³/mol. The Morgan fingerprint density at radius 1 is 1.06 bits per heavy atom. The van der Waals surface area contributed by atoms with Crippen molar-refractivity contribution < 1.29 is 33.8 Å². The first-order valence-corrected chi connectivity index (χ1v) is 11.1. The molecule has 0 aliphatic rings. The van der Waals surface area contributed by atoms with Crippen LogP contribution in [0.4, 0.5) is 5.69 Å². The lowest BCUT2D eigenvalue weighted by molar-refractivity contribution is -0.757. The quantitative estimate of drug-likeness (QED) is 0.103. The maximum Gasteiger partial charge on any atom is 0.347 e. The molecule has 0 heterocycles. The average molecular weight is 504 g/mol. The Hall–Kier alpha value is -4.06. The summed E-state index contributed by atoms with van der Waals surface area (Å²) in [6.07, 6.45) is 1.70. The van der Waals surface area contributed by atoms with E-state index in [-0.39, 0.29) is 47.4 Å². The van der Waals surface area contributed by atoms with Gasteiger partial charge in [-0.15, -0.1) is 10.1 Å². The fourth-order valence-corrected chi connectivity index (χ4v) is 2.93. The van der Waals surface area contributed by atoms with Crippen molar-refractivity contribution in [2.75, 3.05) is 11.9 Å². The highest BCUT2D eigenvalue weighted by molar-refractivity contribution is 7.80. The number of nitrogens with two attached hydrogens (primary N) is 1. The molecular formula is C23H25N3O8S. The lowest BCUT2D eigenvalue weighted by Gasteiger charge is -2.13. The molecule has 1 amide bonds. The molecule has 3 N–H and O–H groups in total. The Bertz CT molecular complexity index is 1090. The minimum atomic E-state index is -0.961. The van der Waals surface area contributed by atoms with Crippen molar-refractivity contribution in [1.82, 2.24) is 0 Å². The number of ether oxygens (including phenoxy) is 2. The summed E-state index contributed by atoms with van der Waals surface area (Å²) in [7, 11) is 0. The number of rotatable bonds is 13. The lowest BCUT2D eigenvalue weighted by Crippen LogP contribution is -2.16. The van der Waals surface area contributed by atoms with Gasteiger partial charge in [-0.1, -0.05) is 25.6 Å². The second-order valence-corrected chi connectivity index (χ2v) is 7.72. The summed E-state index contributed by atoms with van der Waals surface area (Å²) in [6.45, 7) is 1.67. The van der Waals surface area contributed by atoms with E-state index >= 15 is 0 Å². The van der Waals surface area contributed by atoms with Crippen LogP contribution < -0.4 is 20.5 Å². The summed E-state index contributed by atoms with van der Waals surface area (Å²) >= 11 is 4.89. The number of anilines is 1. The van der Waals surface area contributed by atoms with Crippen LogP contribution in [0, 0.1) is 10.1 Å². The van der Waals surface area contributed by atoms with Gasteiger partial charge in [-0.3, -0.25) is 9.59 Å². The summed E-state index contributed by atoms with van der Waals surface area (Å²) in [4.78, 5) is 51.7. The van der Waals surface area contributed by atoms with E-state index in [1.165, 1.54) is 30.3 Å². The molecule has 0 fully saturated rings. The normalized spacial score (nSPS) is 10.2. The largest absolute Gasteiger partial charge is 0.426 e. The van der Waals surface area contributed by atoms with Gasteiger partial charge in [0.25, 0.3) is 5.09 Å². The van der Waals surface area contributed by atoms with Gasteiger partial charge in [-0.2, -0.15) is 0 Å². The van der Waals surface area contributed by atoms with Crippen molar-refractivity contribution in [2.24, 2.45) is 5.73 Å². The zero-order valence-corrected chi connectivity index (χ0v) is 19.8. The third kappa shape index (κ3) is 9.37. The van der Waals surface area contributed by atoms with Gasteiger partial charge in [-0.05, 0) is 49.2 Å². The van der Waals surface area contributed by atoms with E-state index in [1.807, 2.05) is 6.92 Å². The Morgan fingerprint density at radius 2 is 1.77 bits per heavy atom. The maximum atomic E-state index is 12.8. The number of unbranched alkanes of at least 4 members (excludes halogenated alkanes) is 1. The molecule has 0 aromatic heterocycles. The Morgan fingerprint density at radius 3 is 2.40 bits per heavy atom. The minimum absolute atomic E-state index is 0.0302. The summed E-state index contributed by atoms with van der Waals surface area (Å²) in [5.41, 5.74) is 6.41. The molecule has 0 atom stereocenters. The SMILES string of the molecule is CCCCC(=O)Nc1ccc(C(=O)Oc2ccc(C(N)=S)cc2)c(OC(=O)CCCO[N+](=O)[O-])c1. The standard InChI is InChI=1S/C23H25N3O8S/c1-2-3-5-20(27)25-16-9-12-18(19(14-16)34-21(28)6-4-13-32-26(30)31)23(29)33-17-10-7-15(8-11-17)22(24)35/h7-12,14H,2-6,13H2,1H3,(H2,24,35)(H,25,27). The molecule has 35 heavy (non-hydrogen) atoms. The molecule has 0 saturated carbocycles. The van der Waals surface area contributed by atoms with E-state index in [0.717, 1.165) is 6.42 Å². The second-order valence-electron chi connectivity index (χ2n) is 7.28. The van der Waals surface area contributed by atoms with Crippen LogP contribution in [0.25, 0.3) is 0 Å². The van der Waals surface area contributed by atoms with E-state index in [4.69, 9.17) is 27.4 Å². The highest BCUT2D eigenvalue weighted by Crippen LogP contribution is 2.26. The van der Waals surface area contributed by atoms with E-state index in [2.05, 4.69) is 10.2 Å². The number of hydrogen-bond acceptors (Lipinski definition) is 9. The van der Waals surface area contributed by atoms with E-state index in [1.54, 1.807) is 12.1 Å². The number of carbonyl (C=O) groups excluding carboxylic acids is 3. The molecule has 0 aliphatic heterocycles. The van der Waals surface area contributed by atoms with Gasteiger partial charge in [0, 0.05) is 30.2 Å². The zero-order chi connectivity index (χ0) is 25.8. The molecule has 186 valence electrons. The van der Waals surface area contributed by atoms with Crippen molar-refractivity contribution >= 4 is 40.7 Å². The molecular weight excluding hydrogens is 478 g/mol. The molecule has 2 rings (SSSR count). The number of hydrogen-bond donors (Lipinski definition) is 2. The third-order valence-electron chi connectivity index (χ3n) is 4.54. The monoisotopic (exact) mass is 503 g/mol. The fourth-order valence-electron chi connectivity index (χ4n) is 2.79. The van der Waals surface area contributed by atoms with Crippen LogP contribution in [0.2, 0.25) is 0 Å². The lowest BCUT2D eigenvalue weighted by atomic mass is 10.1. The van der Waals surface area contributed by atoms with Gasteiger partial charge in [0.2, 0.25) is 5.91 Å². The van der Waals surface area contributed by atoms with Gasteiger partial charge in [0.15, 0.2) is 0 Å². The van der Waals surface area contributed by atoms with Crippen molar-refractivity contribution in [3.05, 3.63) is 63.7 Å². The molecule has 12 heteroatoms. The fraction of sp³-hybridized carbons (Fsp3) is 0.304. The Labute approximate surface area is 206 Å². The predicted octanol–water partition coefficient (Wildman–Crippen LogP) is 3.56. The number of nitrogens with one attached hydrogen (secondary N) is 1. The molecule has 0 saturated heterocycles. The van der Waals surface area contributed by atoms with Crippen molar-refractivity contribution in [3.8, 4) is 11.5 Å². The van der Waals surface area contributed by atoms with E-state index < -0.39 is 17.0 Å². The molecule has 11 nitrogen and oxygen atoms in total. The van der Waals surface area contributed by atoms with Crippen LogP contribution >= 0.6 is 12.2 Å². The van der Waals surface area contributed by atoms with Gasteiger partial charge >= 0.3 is 11.9 Å². The number of carbonyl (C=O) groups is 3. The molecule has 2 aromatic rings. The van der Waals surface area contributed by atoms with Gasteiger partial charge in [0.1, 0.15) is 22.1 Å². The van der Waals surface area contributed by atoms with Crippen molar-refractivity contribution in [3.63, 3.8) is 0 Å². The Kier molecular flexibility index (Phi) is 10.6. The van der Waals surface area contributed by atoms with Crippen LogP contribution in [0.3, 0.4) is 0 Å². The van der Waals surface area contributed by atoms with Gasteiger partial charge in [0.05, 0.1) is 6.61 Å². The summed E-state index contributed by atoms with van der Waals surface area (Å²) in [5, 5.41) is 11.9. The third-order valence-corrected chi connectivity index (χ3v) is 4.77. The molecule has 0 bridgehead atoms. The van der Waals surface area contributed by atoms with Gasteiger partial charge in [-0.25, -0.2) is 4.79 Å². The minimum Gasteiger partial charge on any atom is -0.426 e. The van der Waals surface area contributed by atoms with Gasteiger partial charge < -0.3 is 25.4 Å². The summed E-state index contributed by atoms with van der Waals surface area (Å²) in [5.74, 6) is -1.71. The summed E-state index contributed by atoms with van der Waals surface area (Å²) < 4.78 is 10.7. The number of nitrogens with zero attached hydrogens (tertiary/aromatic N) is 1. The van der Waals surface area contributed by atoms with Crippen molar-refractivity contribution in [2.45, 2.75) is 39.0 Å².